The first kappa shape index (κ1) is 20.6. The number of nitrogens with zero attached hydrogens (tertiary/aromatic N) is 3. The van der Waals surface area contributed by atoms with Crippen molar-refractivity contribution in [1.29, 1.82) is 0 Å². The molecule has 1 aliphatic rings. The zero-order chi connectivity index (χ0) is 21.0. The topological polar surface area (TPSA) is 82.1 Å². The number of carbonyl (C=O) groups is 1. The zero-order valence-corrected chi connectivity index (χ0v) is 17.5. The second-order valence-corrected chi connectivity index (χ2v) is 8.49. The molecular formula is C21H24N4O3S. The van der Waals surface area contributed by atoms with Gasteiger partial charge in [-0.1, -0.05) is 30.3 Å². The van der Waals surface area contributed by atoms with Crippen molar-refractivity contribution in [3.8, 4) is 0 Å². The average molecular weight is 413 g/mol. The van der Waals surface area contributed by atoms with Crippen molar-refractivity contribution in [2.45, 2.75) is 13.3 Å². The van der Waals surface area contributed by atoms with Crippen molar-refractivity contribution in [2.75, 3.05) is 30.9 Å². The number of benzene rings is 2. The summed E-state index contributed by atoms with van der Waals surface area (Å²) >= 11 is 0. The van der Waals surface area contributed by atoms with Gasteiger partial charge in [0.05, 0.1) is 11.3 Å². The summed E-state index contributed by atoms with van der Waals surface area (Å²) in [5.41, 5.74) is 3.04. The molecule has 152 valence electrons. The van der Waals surface area contributed by atoms with Gasteiger partial charge in [0, 0.05) is 38.2 Å². The van der Waals surface area contributed by atoms with Gasteiger partial charge < -0.3 is 10.2 Å². The first-order valence-corrected chi connectivity index (χ1v) is 10.6. The summed E-state index contributed by atoms with van der Waals surface area (Å²) < 4.78 is 29.7. The summed E-state index contributed by atoms with van der Waals surface area (Å²) in [4.78, 5) is 14.7. The van der Waals surface area contributed by atoms with Crippen molar-refractivity contribution in [2.24, 2.45) is 4.40 Å². The lowest BCUT2D eigenvalue weighted by Crippen LogP contribution is -2.34. The number of carbonyl (C=O) groups excluding carboxylic acids is 1. The maximum Gasteiger partial charge on any atom is 0.344 e. The fourth-order valence-electron chi connectivity index (χ4n) is 2.91. The van der Waals surface area contributed by atoms with Gasteiger partial charge >= 0.3 is 10.2 Å². The summed E-state index contributed by atoms with van der Waals surface area (Å²) in [6.45, 7) is 1.73. The molecule has 0 spiro atoms. The third-order valence-electron chi connectivity index (χ3n) is 4.56. The summed E-state index contributed by atoms with van der Waals surface area (Å²) in [5, 5.41) is 2.80. The molecule has 29 heavy (non-hydrogen) atoms. The van der Waals surface area contributed by atoms with Crippen LogP contribution < -0.4 is 10.2 Å². The molecule has 8 heteroatoms. The van der Waals surface area contributed by atoms with Gasteiger partial charge in [0.2, 0.25) is 0 Å². The van der Waals surface area contributed by atoms with Gasteiger partial charge in [-0.3, -0.25) is 9.10 Å². The number of amides is 1. The third-order valence-corrected chi connectivity index (χ3v) is 5.95. The smallest absolute Gasteiger partial charge is 0.344 e. The van der Waals surface area contributed by atoms with Gasteiger partial charge in [-0.25, -0.2) is 0 Å². The van der Waals surface area contributed by atoms with E-state index in [9.17, 15) is 13.2 Å². The van der Waals surface area contributed by atoms with Crippen LogP contribution in [0.15, 0.2) is 70.8 Å². The molecular weight excluding hydrogens is 388 g/mol. The molecule has 0 saturated carbocycles. The van der Waals surface area contributed by atoms with Crippen molar-refractivity contribution in [3.63, 3.8) is 0 Å². The Morgan fingerprint density at radius 1 is 1.07 bits per heavy atom. The van der Waals surface area contributed by atoms with Crippen LogP contribution in [-0.4, -0.2) is 45.0 Å². The Bertz CT molecular complexity index is 1040. The summed E-state index contributed by atoms with van der Waals surface area (Å²) in [6.07, 6.45) is 1.89. The van der Waals surface area contributed by atoms with Crippen LogP contribution in [0.4, 0.5) is 11.4 Å². The average Bonchev–Trinajstić information content (AvgIpc) is 2.67. The second-order valence-electron chi connectivity index (χ2n) is 6.94. The number of anilines is 2. The van der Waals surface area contributed by atoms with Crippen molar-refractivity contribution < 1.29 is 13.2 Å². The van der Waals surface area contributed by atoms with E-state index in [1.54, 1.807) is 12.1 Å². The highest BCUT2D eigenvalue weighted by atomic mass is 32.2. The molecule has 2 aromatic carbocycles. The van der Waals surface area contributed by atoms with E-state index in [2.05, 4.69) is 9.71 Å². The lowest BCUT2D eigenvalue weighted by Gasteiger charge is -2.23. The summed E-state index contributed by atoms with van der Waals surface area (Å²) in [6, 6.07) is 16.9. The molecule has 0 atom stereocenters. The standard InChI is InChI=1S/C21H24N4O3S/c1-16-20(21(26)22-18-9-11-19(12-10-18)24(2)3)15-25(29(27,28)23-16)14-13-17-7-5-4-6-8-17/h4-12,15H,13-14H2,1-3H3,(H,22,26). The van der Waals surface area contributed by atoms with Crippen LogP contribution in [0.3, 0.4) is 0 Å². The second kappa shape index (κ2) is 8.48. The Hall–Kier alpha value is -3.13. The van der Waals surface area contributed by atoms with Crippen LogP contribution in [0.1, 0.15) is 12.5 Å². The molecule has 1 amide bonds. The minimum absolute atomic E-state index is 0.170. The van der Waals surface area contributed by atoms with Crippen LogP contribution >= 0.6 is 0 Å². The molecule has 0 fully saturated rings. The molecule has 1 aliphatic heterocycles. The number of nitrogens with one attached hydrogen (secondary N) is 1. The van der Waals surface area contributed by atoms with E-state index >= 15 is 0 Å². The highest BCUT2D eigenvalue weighted by Gasteiger charge is 2.27. The Morgan fingerprint density at radius 2 is 1.72 bits per heavy atom. The molecule has 0 aliphatic carbocycles. The Labute approximate surface area is 171 Å². The van der Waals surface area contributed by atoms with Crippen LogP contribution in [0.5, 0.6) is 0 Å². The molecule has 3 rings (SSSR count). The predicted molar refractivity (Wildman–Crippen MR) is 116 cm³/mol. The van der Waals surface area contributed by atoms with E-state index in [1.807, 2.05) is 61.5 Å². The van der Waals surface area contributed by atoms with E-state index in [0.29, 0.717) is 12.1 Å². The molecule has 1 heterocycles. The molecule has 0 radical (unpaired) electrons. The van der Waals surface area contributed by atoms with Crippen molar-refractivity contribution in [1.82, 2.24) is 4.31 Å². The van der Waals surface area contributed by atoms with Crippen LogP contribution in [0.2, 0.25) is 0 Å². The fourth-order valence-corrected chi connectivity index (χ4v) is 4.02. The fraction of sp³-hybridized carbons (Fsp3) is 0.238. The third kappa shape index (κ3) is 5.03. The van der Waals surface area contributed by atoms with Crippen LogP contribution in [0.25, 0.3) is 0 Å². The molecule has 1 N–H and O–H groups in total. The molecule has 7 nitrogen and oxygen atoms in total. The number of hydrogen-bond donors (Lipinski definition) is 1. The van der Waals surface area contributed by atoms with Gasteiger partial charge in [0.15, 0.2) is 0 Å². The van der Waals surface area contributed by atoms with Crippen LogP contribution in [-0.2, 0) is 21.4 Å². The summed E-state index contributed by atoms with van der Waals surface area (Å²) in [5.74, 6) is -0.400. The Kier molecular flexibility index (Phi) is 6.03. The van der Waals surface area contributed by atoms with E-state index < -0.39 is 16.1 Å². The highest BCUT2D eigenvalue weighted by Crippen LogP contribution is 2.20. The lowest BCUT2D eigenvalue weighted by atomic mass is 10.1. The van der Waals surface area contributed by atoms with Gasteiger partial charge in [-0.2, -0.15) is 8.42 Å². The molecule has 0 aromatic heterocycles. The summed E-state index contributed by atoms with van der Waals surface area (Å²) in [7, 11) is 0.0326. The number of rotatable bonds is 6. The predicted octanol–water partition coefficient (Wildman–Crippen LogP) is 2.84. The maximum atomic E-state index is 12.7. The lowest BCUT2D eigenvalue weighted by molar-refractivity contribution is -0.112. The maximum absolute atomic E-state index is 12.7. The SMILES string of the molecule is CC1=NS(=O)(=O)N(CCc2ccccc2)C=C1C(=O)Nc1ccc(N(C)C)cc1. The van der Waals surface area contributed by atoms with E-state index in [4.69, 9.17) is 0 Å². The largest absolute Gasteiger partial charge is 0.378 e. The van der Waals surface area contributed by atoms with E-state index in [-0.39, 0.29) is 17.8 Å². The minimum atomic E-state index is -3.84. The van der Waals surface area contributed by atoms with Gasteiger partial charge in [-0.15, -0.1) is 4.40 Å². The van der Waals surface area contributed by atoms with Crippen molar-refractivity contribution >= 4 is 33.2 Å². The zero-order valence-electron chi connectivity index (χ0n) is 16.7. The molecule has 2 aromatic rings. The Morgan fingerprint density at radius 3 is 2.34 bits per heavy atom. The highest BCUT2D eigenvalue weighted by molar-refractivity contribution is 7.88. The van der Waals surface area contributed by atoms with E-state index in [0.717, 1.165) is 15.6 Å². The van der Waals surface area contributed by atoms with Gasteiger partial charge in [0.1, 0.15) is 0 Å². The first-order valence-electron chi connectivity index (χ1n) is 9.19. The monoisotopic (exact) mass is 412 g/mol. The minimum Gasteiger partial charge on any atom is -0.378 e. The van der Waals surface area contributed by atoms with E-state index in [1.165, 1.54) is 13.1 Å². The normalized spacial score (nSPS) is 15.3. The quantitative estimate of drug-likeness (QED) is 0.791. The molecule has 0 unspecified atom stereocenters. The van der Waals surface area contributed by atoms with Gasteiger partial charge in [-0.05, 0) is 43.2 Å². The molecule has 0 saturated heterocycles. The number of hydrogen-bond acceptors (Lipinski definition) is 4. The Balaban J connectivity index is 1.76. The van der Waals surface area contributed by atoms with Gasteiger partial charge in [0.25, 0.3) is 5.91 Å². The first-order chi connectivity index (χ1) is 13.8. The van der Waals surface area contributed by atoms with Crippen molar-refractivity contribution in [3.05, 3.63) is 71.9 Å². The molecule has 0 bridgehead atoms. The van der Waals surface area contributed by atoms with Crippen LogP contribution in [0, 0.1) is 0 Å².